The van der Waals surface area contributed by atoms with Gasteiger partial charge in [0.25, 0.3) is 0 Å². The smallest absolute Gasteiger partial charge is 0.315 e. The van der Waals surface area contributed by atoms with Gasteiger partial charge < -0.3 is 5.32 Å². The van der Waals surface area contributed by atoms with Gasteiger partial charge in [0.05, 0.1) is 16.1 Å². The number of anilines is 1. The van der Waals surface area contributed by atoms with Gasteiger partial charge in [-0.2, -0.15) is 5.26 Å². The van der Waals surface area contributed by atoms with E-state index >= 15 is 0 Å². The fourth-order valence-corrected chi connectivity index (χ4v) is 1.77. The molecule has 1 aromatic rings. The molecule has 0 spiro atoms. The van der Waals surface area contributed by atoms with E-state index < -0.39 is 11.8 Å². The third-order valence-electron chi connectivity index (χ3n) is 1.23. The Balaban J connectivity index is 2.49. The van der Waals surface area contributed by atoms with Crippen molar-refractivity contribution in [1.29, 1.82) is 5.26 Å². The molecule has 0 saturated heterocycles. The number of nitriles is 1. The predicted molar refractivity (Wildman–Crippen MR) is 57.1 cm³/mol. The largest absolute Gasteiger partial charge is 0.335 e. The Morgan fingerprint density at radius 3 is 2.87 bits per heavy atom. The molecule has 0 aromatic carbocycles. The summed E-state index contributed by atoms with van der Waals surface area (Å²) in [5.74, 6) is -1.70. The van der Waals surface area contributed by atoms with Gasteiger partial charge in [0, 0.05) is 0 Å². The first-order valence-corrected chi connectivity index (χ1v) is 5.32. The first kappa shape index (κ1) is 11.6. The van der Waals surface area contributed by atoms with Gasteiger partial charge in [0.15, 0.2) is 5.13 Å². The number of carbonyl (C=O) groups is 2. The van der Waals surface area contributed by atoms with Gasteiger partial charge in [-0.15, -0.1) is 0 Å². The summed E-state index contributed by atoms with van der Waals surface area (Å²) in [7, 11) is 0. The normalized spacial score (nSPS) is 9.07. The molecule has 0 aliphatic carbocycles. The zero-order valence-corrected chi connectivity index (χ0v) is 9.68. The third-order valence-corrected chi connectivity index (χ3v) is 2.62. The van der Waals surface area contributed by atoms with Crippen molar-refractivity contribution in [1.82, 2.24) is 10.3 Å². The molecule has 78 valence electrons. The van der Waals surface area contributed by atoms with Crippen molar-refractivity contribution < 1.29 is 9.59 Å². The van der Waals surface area contributed by atoms with Crippen LogP contribution in [0.3, 0.4) is 0 Å². The van der Waals surface area contributed by atoms with E-state index in [-0.39, 0.29) is 6.54 Å². The van der Waals surface area contributed by atoms with E-state index in [1.165, 1.54) is 17.5 Å². The van der Waals surface area contributed by atoms with E-state index in [2.05, 4.69) is 31.5 Å². The van der Waals surface area contributed by atoms with E-state index in [1.807, 2.05) is 0 Å². The quantitative estimate of drug-likeness (QED) is 0.611. The fraction of sp³-hybridized carbons (Fsp3) is 0.143. The molecule has 1 aromatic heterocycles. The van der Waals surface area contributed by atoms with Crippen molar-refractivity contribution in [3.8, 4) is 6.07 Å². The average molecular weight is 289 g/mol. The Hall–Kier alpha value is -1.46. The molecule has 2 N–H and O–H groups in total. The molecule has 15 heavy (non-hydrogen) atoms. The summed E-state index contributed by atoms with van der Waals surface area (Å²) in [5, 5.41) is 12.9. The second kappa shape index (κ2) is 5.43. The minimum atomic E-state index is -0.858. The lowest BCUT2D eigenvalue weighted by Crippen LogP contribution is -2.35. The van der Waals surface area contributed by atoms with Crippen molar-refractivity contribution in [3.05, 3.63) is 9.98 Å². The molecule has 1 heterocycles. The second-order valence-electron chi connectivity index (χ2n) is 2.26. The first-order chi connectivity index (χ1) is 7.13. The number of rotatable bonds is 2. The number of aromatic nitrogens is 1. The maximum Gasteiger partial charge on any atom is 0.315 e. The lowest BCUT2D eigenvalue weighted by molar-refractivity contribution is -0.136. The second-order valence-corrected chi connectivity index (χ2v) is 4.67. The van der Waals surface area contributed by atoms with Gasteiger partial charge in [-0.25, -0.2) is 4.98 Å². The Labute approximate surface area is 97.4 Å². The minimum absolute atomic E-state index is 0.201. The lowest BCUT2D eigenvalue weighted by atomic mass is 10.5. The molecular formula is C7H5BrN4O2S. The van der Waals surface area contributed by atoms with Crippen molar-refractivity contribution in [2.75, 3.05) is 11.9 Å². The Morgan fingerprint density at radius 1 is 1.60 bits per heavy atom. The van der Waals surface area contributed by atoms with Crippen molar-refractivity contribution in [3.63, 3.8) is 0 Å². The van der Waals surface area contributed by atoms with Crippen LogP contribution in [0.15, 0.2) is 9.98 Å². The van der Waals surface area contributed by atoms with Crippen LogP contribution in [0.25, 0.3) is 0 Å². The zero-order chi connectivity index (χ0) is 11.3. The highest BCUT2D eigenvalue weighted by molar-refractivity contribution is 9.11. The topological polar surface area (TPSA) is 94.9 Å². The standard InChI is InChI=1S/C7H5BrN4O2S/c8-4-3-11-7(15-4)12-6(14)5(13)10-2-1-9/h3H,2H2,(H,10,13)(H,11,12,14). The van der Waals surface area contributed by atoms with Crippen LogP contribution in [0.1, 0.15) is 0 Å². The molecular weight excluding hydrogens is 284 g/mol. The van der Waals surface area contributed by atoms with Crippen molar-refractivity contribution in [2.45, 2.75) is 0 Å². The van der Waals surface area contributed by atoms with Crippen molar-refractivity contribution >= 4 is 44.2 Å². The molecule has 0 bridgehead atoms. The van der Waals surface area contributed by atoms with E-state index in [0.29, 0.717) is 5.13 Å². The highest BCUT2D eigenvalue weighted by Crippen LogP contribution is 2.22. The van der Waals surface area contributed by atoms with Crippen LogP contribution in [0.2, 0.25) is 0 Å². The van der Waals surface area contributed by atoms with Crippen LogP contribution in [0, 0.1) is 11.3 Å². The highest BCUT2D eigenvalue weighted by Gasteiger charge is 2.14. The molecule has 0 aliphatic heterocycles. The summed E-state index contributed by atoms with van der Waals surface area (Å²) >= 11 is 4.35. The molecule has 0 fully saturated rings. The molecule has 8 heteroatoms. The molecule has 6 nitrogen and oxygen atoms in total. The number of nitrogens with one attached hydrogen (secondary N) is 2. The minimum Gasteiger partial charge on any atom is -0.335 e. The summed E-state index contributed by atoms with van der Waals surface area (Å²) in [6.45, 7) is -0.201. The number of nitrogens with zero attached hydrogens (tertiary/aromatic N) is 2. The van der Waals surface area contributed by atoms with E-state index in [1.54, 1.807) is 6.07 Å². The van der Waals surface area contributed by atoms with Crippen LogP contribution in [0.4, 0.5) is 5.13 Å². The predicted octanol–water partition coefficient (Wildman–Crippen LogP) is 0.484. The van der Waals surface area contributed by atoms with Gasteiger partial charge >= 0.3 is 11.8 Å². The Kier molecular flexibility index (Phi) is 4.20. The monoisotopic (exact) mass is 288 g/mol. The number of thiazole rings is 1. The van der Waals surface area contributed by atoms with Gasteiger partial charge in [-0.1, -0.05) is 11.3 Å². The SMILES string of the molecule is N#CCNC(=O)C(=O)Nc1ncc(Br)s1. The summed E-state index contributed by atoms with van der Waals surface area (Å²) < 4.78 is 0.746. The number of hydrogen-bond donors (Lipinski definition) is 2. The number of hydrogen-bond acceptors (Lipinski definition) is 5. The summed E-state index contributed by atoms with van der Waals surface area (Å²) in [6, 6.07) is 1.69. The molecule has 0 unspecified atom stereocenters. The van der Waals surface area contributed by atoms with Crippen LogP contribution < -0.4 is 10.6 Å². The van der Waals surface area contributed by atoms with Gasteiger partial charge in [0.1, 0.15) is 6.54 Å². The summed E-state index contributed by atoms with van der Waals surface area (Å²) in [5.41, 5.74) is 0. The van der Waals surface area contributed by atoms with Crippen LogP contribution in [-0.2, 0) is 9.59 Å². The number of carbonyl (C=O) groups excluding carboxylic acids is 2. The maximum atomic E-state index is 11.1. The molecule has 0 radical (unpaired) electrons. The summed E-state index contributed by atoms with van der Waals surface area (Å²) in [6.07, 6.45) is 1.51. The maximum absolute atomic E-state index is 11.1. The van der Waals surface area contributed by atoms with E-state index in [0.717, 1.165) is 3.79 Å². The van der Waals surface area contributed by atoms with E-state index in [4.69, 9.17) is 5.26 Å². The molecule has 2 amide bonds. The van der Waals surface area contributed by atoms with Gasteiger partial charge in [-0.3, -0.25) is 14.9 Å². The zero-order valence-electron chi connectivity index (χ0n) is 7.28. The highest BCUT2D eigenvalue weighted by atomic mass is 79.9. The molecule has 1 rings (SSSR count). The molecule has 0 atom stereocenters. The first-order valence-electron chi connectivity index (χ1n) is 3.71. The summed E-state index contributed by atoms with van der Waals surface area (Å²) in [4.78, 5) is 26.0. The van der Waals surface area contributed by atoms with Crippen LogP contribution in [-0.4, -0.2) is 23.3 Å². The Bertz CT molecular complexity index is 425. The van der Waals surface area contributed by atoms with Crippen LogP contribution >= 0.6 is 27.3 Å². The van der Waals surface area contributed by atoms with Gasteiger partial charge in [0.2, 0.25) is 0 Å². The average Bonchev–Trinajstić information content (AvgIpc) is 2.60. The lowest BCUT2D eigenvalue weighted by Gasteiger charge is -1.99. The molecule has 0 saturated carbocycles. The third kappa shape index (κ3) is 3.65. The Morgan fingerprint density at radius 2 is 2.33 bits per heavy atom. The number of halogens is 1. The van der Waals surface area contributed by atoms with Crippen molar-refractivity contribution in [2.24, 2.45) is 0 Å². The fourth-order valence-electron chi connectivity index (χ4n) is 0.666. The molecule has 0 aliphatic rings. The number of amides is 2. The van der Waals surface area contributed by atoms with E-state index in [9.17, 15) is 9.59 Å². The van der Waals surface area contributed by atoms with Gasteiger partial charge in [-0.05, 0) is 15.9 Å². The van der Waals surface area contributed by atoms with Crippen LogP contribution in [0.5, 0.6) is 0 Å².